The predicted octanol–water partition coefficient (Wildman–Crippen LogP) is 2.92. The van der Waals surface area contributed by atoms with Crippen LogP contribution >= 0.6 is 0 Å². The van der Waals surface area contributed by atoms with E-state index < -0.39 is 0 Å². The van der Waals surface area contributed by atoms with E-state index in [1.807, 2.05) is 24.3 Å². The summed E-state index contributed by atoms with van der Waals surface area (Å²) in [5, 5.41) is 0. The third-order valence-electron chi connectivity index (χ3n) is 3.97. The number of Topliss-reactive ketones (excluding diaryl/α,β-unsaturated/α-hetero) is 1. The van der Waals surface area contributed by atoms with Crippen LogP contribution in [0.4, 0.5) is 0 Å². The Kier molecular flexibility index (Phi) is 2.23. The van der Waals surface area contributed by atoms with Crippen LogP contribution in [0.3, 0.4) is 0 Å². The van der Waals surface area contributed by atoms with Crippen molar-refractivity contribution >= 4 is 5.78 Å². The van der Waals surface area contributed by atoms with Gasteiger partial charge in [-0.3, -0.25) is 4.79 Å². The Bertz CT molecular complexity index is 414. The van der Waals surface area contributed by atoms with Crippen molar-refractivity contribution < 1.29 is 9.53 Å². The van der Waals surface area contributed by atoms with Gasteiger partial charge in [-0.05, 0) is 43.2 Å². The number of fused-ring (bicyclic) bond motifs is 1. The van der Waals surface area contributed by atoms with E-state index in [9.17, 15) is 4.79 Å². The molecule has 2 unspecified atom stereocenters. The summed E-state index contributed by atoms with van der Waals surface area (Å²) in [6.07, 6.45) is 3.59. The van der Waals surface area contributed by atoms with Crippen LogP contribution in [-0.4, -0.2) is 12.9 Å². The van der Waals surface area contributed by atoms with Crippen molar-refractivity contribution in [2.24, 2.45) is 17.8 Å². The van der Waals surface area contributed by atoms with Gasteiger partial charge in [-0.15, -0.1) is 0 Å². The molecule has 0 aromatic heterocycles. The molecule has 1 aromatic rings. The molecule has 2 aliphatic carbocycles. The van der Waals surface area contributed by atoms with Crippen LogP contribution in [0.5, 0.6) is 5.75 Å². The Labute approximate surface area is 95.6 Å². The first-order valence-electron chi connectivity index (χ1n) is 5.96. The van der Waals surface area contributed by atoms with Crippen molar-refractivity contribution in [3.05, 3.63) is 29.8 Å². The SMILES string of the molecule is COc1cccc(C(=O)C2CC3CC3C2)c1. The van der Waals surface area contributed by atoms with Gasteiger partial charge >= 0.3 is 0 Å². The largest absolute Gasteiger partial charge is 0.497 e. The summed E-state index contributed by atoms with van der Waals surface area (Å²) in [7, 11) is 1.63. The molecule has 0 N–H and O–H groups in total. The number of carbonyl (C=O) groups excluding carboxylic acids is 1. The number of rotatable bonds is 3. The summed E-state index contributed by atoms with van der Waals surface area (Å²) >= 11 is 0. The zero-order valence-electron chi connectivity index (χ0n) is 9.48. The van der Waals surface area contributed by atoms with E-state index in [0.717, 1.165) is 36.0 Å². The average Bonchev–Trinajstić information content (AvgIpc) is 2.95. The van der Waals surface area contributed by atoms with E-state index in [1.54, 1.807) is 7.11 Å². The van der Waals surface area contributed by atoms with Gasteiger partial charge in [-0.25, -0.2) is 0 Å². The molecule has 0 saturated heterocycles. The molecule has 0 heterocycles. The smallest absolute Gasteiger partial charge is 0.166 e. The maximum absolute atomic E-state index is 12.2. The molecule has 1 aromatic carbocycles. The number of hydrogen-bond donors (Lipinski definition) is 0. The first-order chi connectivity index (χ1) is 7.78. The summed E-state index contributed by atoms with van der Waals surface area (Å²) in [5.41, 5.74) is 0.811. The quantitative estimate of drug-likeness (QED) is 0.726. The minimum Gasteiger partial charge on any atom is -0.497 e. The van der Waals surface area contributed by atoms with Crippen LogP contribution in [0.1, 0.15) is 29.6 Å². The second kappa shape index (κ2) is 3.62. The van der Waals surface area contributed by atoms with Gasteiger partial charge in [-0.1, -0.05) is 12.1 Å². The fourth-order valence-corrected chi connectivity index (χ4v) is 2.94. The number of ketones is 1. The van der Waals surface area contributed by atoms with Crippen molar-refractivity contribution in [2.75, 3.05) is 7.11 Å². The lowest BCUT2D eigenvalue weighted by Gasteiger charge is -2.11. The number of ether oxygens (including phenoxy) is 1. The van der Waals surface area contributed by atoms with Crippen molar-refractivity contribution in [3.63, 3.8) is 0 Å². The van der Waals surface area contributed by atoms with Crippen molar-refractivity contribution in [1.82, 2.24) is 0 Å². The van der Waals surface area contributed by atoms with Crippen molar-refractivity contribution in [2.45, 2.75) is 19.3 Å². The summed E-state index contributed by atoms with van der Waals surface area (Å²) in [6, 6.07) is 7.52. The Morgan fingerprint density at radius 3 is 2.69 bits per heavy atom. The third-order valence-corrected chi connectivity index (χ3v) is 3.97. The van der Waals surface area contributed by atoms with Crippen LogP contribution in [-0.2, 0) is 0 Å². The molecule has 2 atom stereocenters. The highest BCUT2D eigenvalue weighted by Gasteiger charge is 2.47. The van der Waals surface area contributed by atoms with Crippen LogP contribution in [0.15, 0.2) is 24.3 Å². The molecule has 2 fully saturated rings. The monoisotopic (exact) mass is 216 g/mol. The highest BCUT2D eigenvalue weighted by molar-refractivity contribution is 5.98. The van der Waals surface area contributed by atoms with Crippen LogP contribution in [0, 0.1) is 17.8 Å². The van der Waals surface area contributed by atoms with E-state index >= 15 is 0 Å². The lowest BCUT2D eigenvalue weighted by atomic mass is 9.93. The molecule has 2 nitrogen and oxygen atoms in total. The Balaban J connectivity index is 1.77. The second-order valence-electron chi connectivity index (χ2n) is 5.02. The first kappa shape index (κ1) is 9.88. The van der Waals surface area contributed by atoms with Gasteiger partial charge in [0.1, 0.15) is 5.75 Å². The van der Waals surface area contributed by atoms with Gasteiger partial charge in [-0.2, -0.15) is 0 Å². The Morgan fingerprint density at radius 1 is 1.25 bits per heavy atom. The van der Waals surface area contributed by atoms with Gasteiger partial charge in [0.15, 0.2) is 5.78 Å². The van der Waals surface area contributed by atoms with E-state index in [2.05, 4.69) is 0 Å². The topological polar surface area (TPSA) is 26.3 Å². The minimum atomic E-state index is 0.274. The standard InChI is InChI=1S/C14H16O2/c1-16-13-4-2-3-9(8-13)14(15)12-6-10-5-11(10)7-12/h2-4,8,10-12H,5-7H2,1H3. The summed E-state index contributed by atoms with van der Waals surface area (Å²) < 4.78 is 5.15. The molecular formula is C14H16O2. The number of carbonyl (C=O) groups is 1. The second-order valence-corrected chi connectivity index (χ2v) is 5.02. The molecule has 0 amide bonds. The molecule has 84 valence electrons. The number of hydrogen-bond acceptors (Lipinski definition) is 2. The van der Waals surface area contributed by atoms with E-state index in [1.165, 1.54) is 6.42 Å². The average molecular weight is 216 g/mol. The summed E-state index contributed by atoms with van der Waals surface area (Å²) in [5.74, 6) is 3.08. The normalized spacial score (nSPS) is 30.9. The molecule has 0 bridgehead atoms. The molecular weight excluding hydrogens is 200 g/mol. The highest BCUT2D eigenvalue weighted by atomic mass is 16.5. The molecule has 0 spiro atoms. The van der Waals surface area contributed by atoms with Crippen LogP contribution < -0.4 is 4.74 Å². The Morgan fingerprint density at radius 2 is 2.00 bits per heavy atom. The molecule has 0 aliphatic heterocycles. The molecule has 16 heavy (non-hydrogen) atoms. The van der Waals surface area contributed by atoms with Crippen LogP contribution in [0.2, 0.25) is 0 Å². The van der Waals surface area contributed by atoms with E-state index in [4.69, 9.17) is 4.74 Å². The fourth-order valence-electron chi connectivity index (χ4n) is 2.94. The predicted molar refractivity (Wildman–Crippen MR) is 61.6 cm³/mol. The zero-order chi connectivity index (χ0) is 11.1. The molecule has 0 radical (unpaired) electrons. The molecule has 2 saturated carbocycles. The third kappa shape index (κ3) is 1.62. The lowest BCUT2D eigenvalue weighted by molar-refractivity contribution is 0.0914. The molecule has 3 rings (SSSR count). The fraction of sp³-hybridized carbons (Fsp3) is 0.500. The minimum absolute atomic E-state index is 0.274. The van der Waals surface area contributed by atoms with Gasteiger partial charge in [0.25, 0.3) is 0 Å². The maximum atomic E-state index is 12.2. The van der Waals surface area contributed by atoms with E-state index in [-0.39, 0.29) is 5.92 Å². The van der Waals surface area contributed by atoms with Crippen molar-refractivity contribution in [3.8, 4) is 5.75 Å². The van der Waals surface area contributed by atoms with E-state index in [0.29, 0.717) is 5.78 Å². The molecule has 2 aliphatic rings. The van der Waals surface area contributed by atoms with Gasteiger partial charge in [0.2, 0.25) is 0 Å². The lowest BCUT2D eigenvalue weighted by Crippen LogP contribution is -2.12. The van der Waals surface area contributed by atoms with Gasteiger partial charge in [0, 0.05) is 11.5 Å². The summed E-state index contributed by atoms with van der Waals surface area (Å²) in [6.45, 7) is 0. The highest BCUT2D eigenvalue weighted by Crippen LogP contribution is 2.54. The zero-order valence-corrected chi connectivity index (χ0v) is 9.48. The maximum Gasteiger partial charge on any atom is 0.166 e. The summed E-state index contributed by atoms with van der Waals surface area (Å²) in [4.78, 5) is 12.2. The van der Waals surface area contributed by atoms with Gasteiger partial charge < -0.3 is 4.74 Å². The molecule has 2 heteroatoms. The number of benzene rings is 1. The Hall–Kier alpha value is -1.31. The van der Waals surface area contributed by atoms with Gasteiger partial charge in [0.05, 0.1) is 7.11 Å². The number of methoxy groups -OCH3 is 1. The first-order valence-corrected chi connectivity index (χ1v) is 5.96. The van der Waals surface area contributed by atoms with Crippen molar-refractivity contribution in [1.29, 1.82) is 0 Å². The van der Waals surface area contributed by atoms with Crippen LogP contribution in [0.25, 0.3) is 0 Å².